The molecule has 1 rings (SSSR count). The third-order valence-corrected chi connectivity index (χ3v) is 2.54. The van der Waals surface area contributed by atoms with Gasteiger partial charge in [0.05, 0.1) is 14.2 Å². The minimum Gasteiger partial charge on any atom is -0.496 e. The zero-order valence-electron chi connectivity index (χ0n) is 10.9. The minimum absolute atomic E-state index is 0.0714. The number of rotatable bonds is 2. The van der Waals surface area contributed by atoms with Crippen LogP contribution in [0.5, 0.6) is 11.5 Å². The van der Waals surface area contributed by atoms with Crippen LogP contribution in [0.1, 0.15) is 0 Å². The third-order valence-electron chi connectivity index (χ3n) is 2.54. The van der Waals surface area contributed by atoms with Gasteiger partial charge in [-0.25, -0.2) is 0 Å². The molecular weight excluding hydrogens is 254 g/mol. The molecule has 0 aliphatic rings. The molecule has 0 spiro atoms. The highest BCUT2D eigenvalue weighted by Crippen LogP contribution is 2.09. The van der Waals surface area contributed by atoms with E-state index in [1.807, 2.05) is 6.07 Å². The monoisotopic (exact) mass is 263 g/mol. The molecule has 0 aromatic heterocycles. The normalized spacial score (nSPS) is 10.1. The van der Waals surface area contributed by atoms with Crippen LogP contribution in [-0.2, 0) is 0 Å². The number of hydrogen-bond donors (Lipinski definition) is 0. The van der Waals surface area contributed by atoms with Gasteiger partial charge in [0.1, 0.15) is 40.9 Å². The number of methoxy groups -OCH3 is 2. The van der Waals surface area contributed by atoms with Gasteiger partial charge in [0.2, 0.25) is 0 Å². The molecule has 20 heavy (non-hydrogen) atoms. The fraction of sp³-hybridized carbons (Fsp3) is 0.133. The molecule has 96 valence electrons. The van der Waals surface area contributed by atoms with Crippen molar-refractivity contribution >= 4 is 11.1 Å². The summed E-state index contributed by atoms with van der Waals surface area (Å²) in [5.74, 6) is 2.81. The van der Waals surface area contributed by atoms with Gasteiger partial charge in [-0.3, -0.25) is 0 Å². The molecule has 0 aliphatic heterocycles. The van der Waals surface area contributed by atoms with Gasteiger partial charge in [-0.15, -0.1) is 6.42 Å². The Bertz CT molecular complexity index is 721. The number of terminal acetylenes is 1. The molecule has 1 aromatic carbocycles. The second-order valence-corrected chi connectivity index (χ2v) is 3.48. The molecule has 1 aromatic rings. The van der Waals surface area contributed by atoms with E-state index < -0.39 is 0 Å². The number of benzene rings is 1. The summed E-state index contributed by atoms with van der Waals surface area (Å²) < 4.78 is 10.3. The van der Waals surface area contributed by atoms with Crippen LogP contribution in [0.2, 0.25) is 0 Å². The van der Waals surface area contributed by atoms with E-state index >= 15 is 0 Å². The van der Waals surface area contributed by atoms with Crippen molar-refractivity contribution in [3.63, 3.8) is 0 Å². The molecule has 0 aliphatic carbocycles. The van der Waals surface area contributed by atoms with E-state index in [1.54, 1.807) is 12.1 Å². The van der Waals surface area contributed by atoms with Crippen LogP contribution in [-0.4, -0.2) is 14.2 Å². The first-order valence-electron chi connectivity index (χ1n) is 5.34. The second-order valence-electron chi connectivity index (χ2n) is 3.48. The smallest absolute Gasteiger partial charge is 0.140 e. The SMILES string of the molecule is C#C/C(C#N)=c1\cc(OC)c(=C(C#N)C#N)cc1OC. The standard InChI is InChI=1S/C15H9N3O2/c1-4-10(7-16)12-5-15(20-3)13(6-14(12)19-2)11(8-17)9-18/h1,5-6H,2-3H3/b12-10-. The summed E-state index contributed by atoms with van der Waals surface area (Å²) in [6.45, 7) is 0. The summed E-state index contributed by atoms with van der Waals surface area (Å²) in [6, 6.07) is 8.36. The molecule has 0 bridgehead atoms. The quantitative estimate of drug-likeness (QED) is 0.711. The van der Waals surface area contributed by atoms with E-state index in [2.05, 4.69) is 5.92 Å². The van der Waals surface area contributed by atoms with Crippen LogP contribution >= 0.6 is 0 Å². The van der Waals surface area contributed by atoms with Crippen LogP contribution in [0, 0.1) is 46.3 Å². The predicted octanol–water partition coefficient (Wildman–Crippen LogP) is 0.209. The maximum Gasteiger partial charge on any atom is 0.140 e. The van der Waals surface area contributed by atoms with Gasteiger partial charge in [-0.1, -0.05) is 5.92 Å². The predicted molar refractivity (Wildman–Crippen MR) is 71.3 cm³/mol. The van der Waals surface area contributed by atoms with Gasteiger partial charge in [0.25, 0.3) is 0 Å². The molecule has 5 nitrogen and oxygen atoms in total. The molecule has 0 N–H and O–H groups in total. The van der Waals surface area contributed by atoms with Crippen LogP contribution in [0.25, 0.3) is 11.1 Å². The Morgan fingerprint density at radius 3 is 1.60 bits per heavy atom. The van der Waals surface area contributed by atoms with Crippen molar-refractivity contribution in [2.24, 2.45) is 0 Å². The maximum absolute atomic E-state index is 9.00. The number of nitriles is 3. The molecular formula is C15H9N3O2. The van der Waals surface area contributed by atoms with Crippen molar-refractivity contribution in [1.82, 2.24) is 0 Å². The Morgan fingerprint density at radius 1 is 0.900 bits per heavy atom. The molecule has 0 unspecified atom stereocenters. The molecule has 0 saturated heterocycles. The van der Waals surface area contributed by atoms with Crippen molar-refractivity contribution in [3.8, 4) is 42.1 Å². The van der Waals surface area contributed by atoms with Gasteiger partial charge >= 0.3 is 0 Å². The van der Waals surface area contributed by atoms with Gasteiger partial charge in [0, 0.05) is 10.4 Å². The van der Waals surface area contributed by atoms with Crippen LogP contribution < -0.4 is 19.9 Å². The molecule has 0 atom stereocenters. The van der Waals surface area contributed by atoms with Crippen LogP contribution in [0.4, 0.5) is 0 Å². The fourth-order valence-electron chi connectivity index (χ4n) is 1.60. The summed E-state index contributed by atoms with van der Waals surface area (Å²) in [6.07, 6.45) is 5.26. The van der Waals surface area contributed by atoms with Crippen molar-refractivity contribution < 1.29 is 9.47 Å². The van der Waals surface area contributed by atoms with E-state index in [9.17, 15) is 0 Å². The lowest BCUT2D eigenvalue weighted by Crippen LogP contribution is -2.18. The Kier molecular flexibility index (Phi) is 4.76. The van der Waals surface area contributed by atoms with E-state index in [1.165, 1.54) is 26.4 Å². The van der Waals surface area contributed by atoms with Crippen LogP contribution in [0.15, 0.2) is 12.1 Å². The Labute approximate surface area is 116 Å². The highest BCUT2D eigenvalue weighted by molar-refractivity contribution is 5.78. The van der Waals surface area contributed by atoms with Crippen molar-refractivity contribution in [3.05, 3.63) is 22.6 Å². The molecule has 0 radical (unpaired) electrons. The zero-order chi connectivity index (χ0) is 15.1. The average Bonchev–Trinajstić information content (AvgIpc) is 2.50. The molecule has 5 heteroatoms. The molecule has 0 fully saturated rings. The van der Waals surface area contributed by atoms with Gasteiger partial charge in [-0.05, 0) is 12.1 Å². The molecule has 0 amide bonds. The van der Waals surface area contributed by atoms with E-state index in [0.717, 1.165) is 0 Å². The maximum atomic E-state index is 9.00. The highest BCUT2D eigenvalue weighted by Gasteiger charge is 2.09. The largest absolute Gasteiger partial charge is 0.496 e. The van der Waals surface area contributed by atoms with Crippen molar-refractivity contribution in [1.29, 1.82) is 15.8 Å². The Balaban J connectivity index is 4.06. The topological polar surface area (TPSA) is 89.8 Å². The zero-order valence-corrected chi connectivity index (χ0v) is 10.9. The lowest BCUT2D eigenvalue weighted by atomic mass is 10.1. The lowest BCUT2D eigenvalue weighted by molar-refractivity contribution is 0.397. The second kappa shape index (κ2) is 6.50. The number of nitrogens with zero attached hydrogens (tertiary/aromatic N) is 3. The summed E-state index contributed by atoms with van der Waals surface area (Å²) in [4.78, 5) is 0. The van der Waals surface area contributed by atoms with Crippen molar-refractivity contribution in [2.75, 3.05) is 14.2 Å². The Morgan fingerprint density at radius 2 is 1.30 bits per heavy atom. The number of hydrogen-bond acceptors (Lipinski definition) is 5. The van der Waals surface area contributed by atoms with E-state index in [-0.39, 0.29) is 22.1 Å². The van der Waals surface area contributed by atoms with E-state index in [0.29, 0.717) is 11.0 Å². The Hall–Kier alpha value is -3.41. The van der Waals surface area contributed by atoms with Crippen LogP contribution in [0.3, 0.4) is 0 Å². The van der Waals surface area contributed by atoms with Crippen molar-refractivity contribution in [2.45, 2.75) is 0 Å². The first-order chi connectivity index (χ1) is 9.66. The lowest BCUT2D eigenvalue weighted by Gasteiger charge is -2.06. The first kappa shape index (κ1) is 14.7. The summed E-state index contributed by atoms with van der Waals surface area (Å²) in [7, 11) is 2.79. The van der Waals surface area contributed by atoms with Gasteiger partial charge in [-0.2, -0.15) is 15.8 Å². The average molecular weight is 263 g/mol. The third kappa shape index (κ3) is 2.54. The number of ether oxygens (including phenoxy) is 2. The highest BCUT2D eigenvalue weighted by atomic mass is 16.5. The fourth-order valence-corrected chi connectivity index (χ4v) is 1.60. The summed E-state index contributed by atoms with van der Waals surface area (Å²) in [5, 5.41) is 27.5. The summed E-state index contributed by atoms with van der Waals surface area (Å²) in [5.41, 5.74) is -0.0481. The van der Waals surface area contributed by atoms with Gasteiger partial charge < -0.3 is 9.47 Å². The molecule has 0 saturated carbocycles. The minimum atomic E-state index is -0.120. The summed E-state index contributed by atoms with van der Waals surface area (Å²) >= 11 is 0. The van der Waals surface area contributed by atoms with Gasteiger partial charge in [0.15, 0.2) is 0 Å². The first-order valence-corrected chi connectivity index (χ1v) is 5.34. The van der Waals surface area contributed by atoms with E-state index in [4.69, 9.17) is 31.7 Å². The molecule has 0 heterocycles.